The standard InChI is InChI=1S/C23H19ClF3N7O2/c24-17-3-1-16(2-4-17)21-20(33-13-15(11-29)12-30-33)14-34(31-21)22(35)32(10-9-28)18-5-7-19(8-6-18)36-23(25,26)27/h1-8,12-13,20H,9-10,14,28H2. The van der Waals surface area contributed by atoms with E-state index in [0.717, 1.165) is 12.1 Å². The Morgan fingerprint density at radius 1 is 1.22 bits per heavy atom. The number of halogens is 4. The molecule has 0 spiro atoms. The molecule has 0 bridgehead atoms. The summed E-state index contributed by atoms with van der Waals surface area (Å²) >= 11 is 6.02. The Morgan fingerprint density at radius 3 is 2.50 bits per heavy atom. The lowest BCUT2D eigenvalue weighted by molar-refractivity contribution is -0.274. The second-order valence-corrected chi connectivity index (χ2v) is 8.11. The van der Waals surface area contributed by atoms with Crippen LogP contribution in [-0.2, 0) is 0 Å². The lowest BCUT2D eigenvalue weighted by Gasteiger charge is -2.26. The lowest BCUT2D eigenvalue weighted by atomic mass is 10.0. The normalized spacial score (nSPS) is 15.4. The Morgan fingerprint density at radius 2 is 1.92 bits per heavy atom. The molecule has 2 amide bonds. The molecule has 186 valence electrons. The maximum absolute atomic E-state index is 13.5. The van der Waals surface area contributed by atoms with Crippen molar-refractivity contribution in [2.45, 2.75) is 12.4 Å². The molecule has 0 radical (unpaired) electrons. The number of amides is 2. The number of alkyl halides is 3. The average molecular weight is 518 g/mol. The predicted molar refractivity (Wildman–Crippen MR) is 126 cm³/mol. The van der Waals surface area contributed by atoms with Crippen LogP contribution < -0.4 is 15.4 Å². The van der Waals surface area contributed by atoms with Crippen LogP contribution in [0.5, 0.6) is 5.75 Å². The number of ether oxygens (including phenoxy) is 1. The molecule has 1 aromatic heterocycles. The van der Waals surface area contributed by atoms with Gasteiger partial charge < -0.3 is 10.5 Å². The fraction of sp³-hybridized carbons (Fsp3) is 0.217. The summed E-state index contributed by atoms with van der Waals surface area (Å²) < 4.78 is 42.9. The van der Waals surface area contributed by atoms with Gasteiger partial charge in [-0.3, -0.25) is 9.58 Å². The van der Waals surface area contributed by atoms with E-state index in [1.807, 2.05) is 6.07 Å². The molecule has 1 aliphatic heterocycles. The van der Waals surface area contributed by atoms with Crippen molar-refractivity contribution in [1.29, 1.82) is 5.26 Å². The molecule has 4 rings (SSSR count). The average Bonchev–Trinajstić information content (AvgIpc) is 3.50. The molecule has 1 aliphatic rings. The third kappa shape index (κ3) is 5.59. The molecule has 2 heterocycles. The van der Waals surface area contributed by atoms with E-state index in [0.29, 0.717) is 27.5 Å². The Kier molecular flexibility index (Phi) is 7.14. The highest BCUT2D eigenvalue weighted by atomic mass is 35.5. The van der Waals surface area contributed by atoms with Gasteiger partial charge in [0.15, 0.2) is 0 Å². The topological polar surface area (TPSA) is 113 Å². The summed E-state index contributed by atoms with van der Waals surface area (Å²) in [6.45, 7) is 0.285. The molecule has 3 aromatic rings. The fourth-order valence-corrected chi connectivity index (χ4v) is 3.81. The summed E-state index contributed by atoms with van der Waals surface area (Å²) in [5.74, 6) is -0.414. The number of nitriles is 1. The largest absolute Gasteiger partial charge is 0.573 e. The highest BCUT2D eigenvalue weighted by molar-refractivity contribution is 6.30. The first-order valence-electron chi connectivity index (χ1n) is 10.6. The molecule has 13 heteroatoms. The molecule has 0 saturated heterocycles. The predicted octanol–water partition coefficient (Wildman–Crippen LogP) is 4.15. The number of carbonyl (C=O) groups is 1. The minimum atomic E-state index is -4.83. The molecule has 1 atom stereocenters. The Bertz CT molecular complexity index is 1300. The van der Waals surface area contributed by atoms with Gasteiger partial charge >= 0.3 is 12.4 Å². The third-order valence-electron chi connectivity index (χ3n) is 5.27. The number of hydrazone groups is 1. The molecule has 2 N–H and O–H groups in total. The molecule has 0 fully saturated rings. The Labute approximate surface area is 208 Å². The second kappa shape index (κ2) is 10.3. The molecule has 0 aliphatic carbocycles. The van der Waals surface area contributed by atoms with Gasteiger partial charge in [0.1, 0.15) is 17.9 Å². The number of hydrogen-bond acceptors (Lipinski definition) is 6. The number of aromatic nitrogens is 2. The van der Waals surface area contributed by atoms with Gasteiger partial charge in [-0.2, -0.15) is 15.5 Å². The summed E-state index contributed by atoms with van der Waals surface area (Å²) in [5.41, 5.74) is 7.60. The van der Waals surface area contributed by atoms with E-state index in [2.05, 4.69) is 14.9 Å². The SMILES string of the molecule is N#Cc1cnn(C2CN(C(=O)N(CCN)c3ccc(OC(F)(F)F)cc3)N=C2c2ccc(Cl)cc2)c1. The zero-order valence-electron chi connectivity index (χ0n) is 18.6. The van der Waals surface area contributed by atoms with Crippen molar-refractivity contribution in [2.24, 2.45) is 10.8 Å². The summed E-state index contributed by atoms with van der Waals surface area (Å²) in [4.78, 5) is 14.8. The van der Waals surface area contributed by atoms with Crippen LogP contribution in [0.2, 0.25) is 5.02 Å². The Hall–Kier alpha value is -4.08. The number of nitrogens with zero attached hydrogens (tertiary/aromatic N) is 6. The lowest BCUT2D eigenvalue weighted by Crippen LogP contribution is -2.43. The number of benzene rings is 2. The zero-order chi connectivity index (χ0) is 25.9. The zero-order valence-corrected chi connectivity index (χ0v) is 19.3. The quantitative estimate of drug-likeness (QED) is 0.527. The molecular formula is C23H19ClF3N7O2. The number of urea groups is 1. The van der Waals surface area contributed by atoms with Crippen LogP contribution in [0.4, 0.5) is 23.7 Å². The maximum atomic E-state index is 13.5. The van der Waals surface area contributed by atoms with Crippen molar-refractivity contribution in [3.63, 3.8) is 0 Å². The molecule has 2 aromatic carbocycles. The van der Waals surface area contributed by atoms with Gasteiger partial charge in [-0.15, -0.1) is 13.2 Å². The van der Waals surface area contributed by atoms with E-state index in [1.165, 1.54) is 28.2 Å². The van der Waals surface area contributed by atoms with Crippen molar-refractivity contribution in [3.05, 3.63) is 77.1 Å². The first-order chi connectivity index (χ1) is 17.2. The molecule has 0 saturated carbocycles. The van der Waals surface area contributed by atoms with E-state index in [1.54, 1.807) is 35.1 Å². The highest BCUT2D eigenvalue weighted by Gasteiger charge is 2.35. The first-order valence-corrected chi connectivity index (χ1v) is 11.0. The summed E-state index contributed by atoms with van der Waals surface area (Å²) in [5, 5.41) is 19.7. The van der Waals surface area contributed by atoms with Gasteiger partial charge in [-0.25, -0.2) is 9.80 Å². The van der Waals surface area contributed by atoms with Crippen molar-refractivity contribution in [3.8, 4) is 11.8 Å². The third-order valence-corrected chi connectivity index (χ3v) is 5.52. The minimum absolute atomic E-state index is 0.0889. The van der Waals surface area contributed by atoms with Crippen LogP contribution in [-0.4, -0.2) is 52.5 Å². The van der Waals surface area contributed by atoms with Crippen LogP contribution in [0.15, 0.2) is 66.0 Å². The van der Waals surface area contributed by atoms with Crippen molar-refractivity contribution >= 4 is 29.0 Å². The number of rotatable bonds is 6. The van der Waals surface area contributed by atoms with Gasteiger partial charge in [0, 0.05) is 35.6 Å². The number of nitrogens with two attached hydrogens (primary N) is 1. The van der Waals surface area contributed by atoms with Crippen LogP contribution in [0.3, 0.4) is 0 Å². The van der Waals surface area contributed by atoms with Gasteiger partial charge in [0.25, 0.3) is 0 Å². The highest BCUT2D eigenvalue weighted by Crippen LogP contribution is 2.29. The number of carbonyl (C=O) groups excluding carboxylic acids is 1. The monoisotopic (exact) mass is 517 g/mol. The second-order valence-electron chi connectivity index (χ2n) is 7.68. The van der Waals surface area contributed by atoms with E-state index in [-0.39, 0.29) is 19.6 Å². The van der Waals surface area contributed by atoms with Crippen LogP contribution in [0, 0.1) is 11.3 Å². The molecular weight excluding hydrogens is 499 g/mol. The maximum Gasteiger partial charge on any atom is 0.573 e. The van der Waals surface area contributed by atoms with Gasteiger partial charge in [-0.05, 0) is 36.4 Å². The molecule has 36 heavy (non-hydrogen) atoms. The van der Waals surface area contributed by atoms with Crippen LogP contribution in [0.1, 0.15) is 17.2 Å². The van der Waals surface area contributed by atoms with Crippen LogP contribution >= 0.6 is 11.6 Å². The van der Waals surface area contributed by atoms with E-state index in [4.69, 9.17) is 17.3 Å². The van der Waals surface area contributed by atoms with Gasteiger partial charge in [0.05, 0.1) is 24.0 Å². The smallest absolute Gasteiger partial charge is 0.406 e. The van der Waals surface area contributed by atoms with Crippen molar-refractivity contribution in [2.75, 3.05) is 24.5 Å². The van der Waals surface area contributed by atoms with Crippen molar-refractivity contribution in [1.82, 2.24) is 14.8 Å². The number of hydrogen-bond donors (Lipinski definition) is 1. The summed E-state index contributed by atoms with van der Waals surface area (Å²) in [6.07, 6.45) is -1.86. The molecule has 1 unspecified atom stereocenters. The first kappa shape index (κ1) is 25.0. The minimum Gasteiger partial charge on any atom is -0.406 e. The van der Waals surface area contributed by atoms with E-state index in [9.17, 15) is 23.2 Å². The molecule has 9 nitrogen and oxygen atoms in total. The fourth-order valence-electron chi connectivity index (χ4n) is 3.69. The van der Waals surface area contributed by atoms with Gasteiger partial charge in [-0.1, -0.05) is 23.7 Å². The van der Waals surface area contributed by atoms with E-state index < -0.39 is 24.2 Å². The summed E-state index contributed by atoms with van der Waals surface area (Å²) in [7, 11) is 0. The Balaban J connectivity index is 1.64. The number of anilines is 1. The van der Waals surface area contributed by atoms with E-state index >= 15 is 0 Å². The summed E-state index contributed by atoms with van der Waals surface area (Å²) in [6, 6.07) is 12.8. The van der Waals surface area contributed by atoms with Crippen LogP contribution in [0.25, 0.3) is 0 Å². The van der Waals surface area contributed by atoms with Gasteiger partial charge in [0.2, 0.25) is 0 Å². The van der Waals surface area contributed by atoms with Crippen molar-refractivity contribution < 1.29 is 22.7 Å².